The molecule has 4 aromatic rings. The molecule has 0 saturated carbocycles. The van der Waals surface area contributed by atoms with Gasteiger partial charge in [-0.25, -0.2) is 14.3 Å². The number of carbonyl (C=O) groups is 2. The largest absolute Gasteiger partial charge is 0.443 e. The third-order valence-electron chi connectivity index (χ3n) is 6.13. The summed E-state index contributed by atoms with van der Waals surface area (Å²) in [5.74, 6) is 0.484. The molecule has 0 radical (unpaired) electrons. The summed E-state index contributed by atoms with van der Waals surface area (Å²) in [5, 5.41) is 8.64. The van der Waals surface area contributed by atoms with E-state index in [1.807, 2.05) is 45.0 Å². The molecular weight excluding hydrogens is 492 g/mol. The number of hydrogen-bond acceptors (Lipinski definition) is 6. The van der Waals surface area contributed by atoms with E-state index in [1.54, 1.807) is 41.3 Å². The standard InChI is InChI=1S/C27H29ClN6O3/c1-27(2,3)37-26(36)34-22(19-15-30-32(4)16-19)12-18-14-29-24(13-23(18)34)31-21-8-7-17(11-20(21)28)25(35)33-9-5-6-10-33/h7-8,11-16H,5-6,9-10H2,1-4H3,(H,29,31). The fraction of sp³-hybridized carbons (Fsp3) is 0.333. The van der Waals surface area contributed by atoms with Crippen molar-refractivity contribution in [1.82, 2.24) is 24.2 Å². The van der Waals surface area contributed by atoms with Gasteiger partial charge in [0.25, 0.3) is 5.91 Å². The van der Waals surface area contributed by atoms with Gasteiger partial charge in [-0.1, -0.05) is 11.6 Å². The lowest BCUT2D eigenvalue weighted by molar-refractivity contribution is 0.0547. The van der Waals surface area contributed by atoms with Gasteiger partial charge in [-0.2, -0.15) is 5.10 Å². The number of rotatable bonds is 4. The Bertz CT molecular complexity index is 1490. The molecule has 1 saturated heterocycles. The van der Waals surface area contributed by atoms with Crippen LogP contribution in [0, 0.1) is 0 Å². The maximum atomic E-state index is 13.3. The minimum Gasteiger partial charge on any atom is -0.443 e. The lowest BCUT2D eigenvalue weighted by Gasteiger charge is -2.21. The van der Waals surface area contributed by atoms with E-state index >= 15 is 0 Å². The molecule has 3 aromatic heterocycles. The van der Waals surface area contributed by atoms with Crippen LogP contribution < -0.4 is 5.32 Å². The smallest absolute Gasteiger partial charge is 0.419 e. The molecule has 37 heavy (non-hydrogen) atoms. The van der Waals surface area contributed by atoms with Crippen LogP contribution in [0.5, 0.6) is 0 Å². The number of aromatic nitrogens is 4. The van der Waals surface area contributed by atoms with Gasteiger partial charge in [-0.05, 0) is 57.9 Å². The van der Waals surface area contributed by atoms with E-state index in [1.165, 1.54) is 4.57 Å². The van der Waals surface area contributed by atoms with E-state index in [0.717, 1.165) is 36.9 Å². The second-order valence-corrected chi connectivity index (χ2v) is 10.6. The Balaban J connectivity index is 1.49. The summed E-state index contributed by atoms with van der Waals surface area (Å²) in [6.45, 7) is 7.04. The van der Waals surface area contributed by atoms with Gasteiger partial charge in [0.1, 0.15) is 11.4 Å². The van der Waals surface area contributed by atoms with Crippen molar-refractivity contribution >= 4 is 46.0 Å². The highest BCUT2D eigenvalue weighted by atomic mass is 35.5. The van der Waals surface area contributed by atoms with Gasteiger partial charge in [-0.3, -0.25) is 9.48 Å². The van der Waals surface area contributed by atoms with Crippen LogP contribution in [-0.4, -0.2) is 54.9 Å². The van der Waals surface area contributed by atoms with Crippen LogP contribution in [0.1, 0.15) is 44.0 Å². The Morgan fingerprint density at radius 3 is 2.49 bits per heavy atom. The van der Waals surface area contributed by atoms with Gasteiger partial charge in [-0.15, -0.1) is 0 Å². The van der Waals surface area contributed by atoms with E-state index in [9.17, 15) is 9.59 Å². The number of nitrogens with one attached hydrogen (secondary N) is 1. The zero-order chi connectivity index (χ0) is 26.3. The number of carbonyl (C=O) groups excluding carboxylic acids is 2. The van der Waals surface area contributed by atoms with Gasteiger partial charge >= 0.3 is 6.09 Å². The van der Waals surface area contributed by atoms with Gasteiger partial charge < -0.3 is 15.0 Å². The topological polar surface area (TPSA) is 94.3 Å². The first-order valence-corrected chi connectivity index (χ1v) is 12.6. The Morgan fingerprint density at radius 1 is 1.08 bits per heavy atom. The summed E-state index contributed by atoms with van der Waals surface area (Å²) in [5.41, 5.74) is 2.55. The summed E-state index contributed by atoms with van der Waals surface area (Å²) < 4.78 is 8.92. The van der Waals surface area contributed by atoms with E-state index < -0.39 is 11.7 Å². The average molecular weight is 521 g/mol. The molecule has 1 aliphatic rings. The monoisotopic (exact) mass is 520 g/mol. The highest BCUT2D eigenvalue weighted by Gasteiger charge is 2.24. The number of nitrogens with zero attached hydrogens (tertiary/aromatic N) is 5. The molecule has 10 heteroatoms. The van der Waals surface area contributed by atoms with Crippen molar-refractivity contribution in [2.45, 2.75) is 39.2 Å². The molecule has 1 amide bonds. The number of pyridine rings is 1. The molecular formula is C27H29ClN6O3. The van der Waals surface area contributed by atoms with Gasteiger partial charge in [0.05, 0.1) is 28.1 Å². The van der Waals surface area contributed by atoms with Gasteiger partial charge in [0, 0.05) is 55.1 Å². The number of halogens is 1. The number of ether oxygens (including phenoxy) is 1. The summed E-state index contributed by atoms with van der Waals surface area (Å²) >= 11 is 6.54. The van der Waals surface area contributed by atoms with Crippen molar-refractivity contribution in [3.05, 3.63) is 59.5 Å². The number of aryl methyl sites for hydroxylation is 1. The van der Waals surface area contributed by atoms with Crippen molar-refractivity contribution in [3.8, 4) is 11.3 Å². The van der Waals surface area contributed by atoms with E-state index in [0.29, 0.717) is 33.3 Å². The fourth-order valence-corrected chi connectivity index (χ4v) is 4.66. The molecule has 0 bridgehead atoms. The molecule has 1 N–H and O–H groups in total. The van der Waals surface area contributed by atoms with Crippen molar-refractivity contribution in [1.29, 1.82) is 0 Å². The predicted octanol–water partition coefficient (Wildman–Crippen LogP) is 5.85. The predicted molar refractivity (Wildman–Crippen MR) is 143 cm³/mol. The zero-order valence-corrected chi connectivity index (χ0v) is 22.0. The molecule has 5 rings (SSSR count). The Kier molecular flexibility index (Phi) is 6.41. The Labute approximate surface area is 220 Å². The highest BCUT2D eigenvalue weighted by molar-refractivity contribution is 6.33. The summed E-state index contributed by atoms with van der Waals surface area (Å²) in [4.78, 5) is 32.4. The van der Waals surface area contributed by atoms with Gasteiger partial charge in [0.2, 0.25) is 0 Å². The van der Waals surface area contributed by atoms with Crippen LogP contribution in [0.15, 0.2) is 48.9 Å². The number of fused-ring (bicyclic) bond motifs is 1. The van der Waals surface area contributed by atoms with E-state index in [-0.39, 0.29) is 5.91 Å². The average Bonchev–Trinajstić information content (AvgIpc) is 3.58. The van der Waals surface area contributed by atoms with Crippen molar-refractivity contribution in [2.75, 3.05) is 18.4 Å². The molecule has 1 aromatic carbocycles. The van der Waals surface area contributed by atoms with Crippen LogP contribution in [0.25, 0.3) is 22.2 Å². The second kappa shape index (κ2) is 9.55. The highest BCUT2D eigenvalue weighted by Crippen LogP contribution is 2.32. The molecule has 1 fully saturated rings. The van der Waals surface area contributed by atoms with Crippen molar-refractivity contribution in [3.63, 3.8) is 0 Å². The lowest BCUT2D eigenvalue weighted by atomic mass is 10.1. The minimum atomic E-state index is -0.671. The molecule has 1 aliphatic heterocycles. The van der Waals surface area contributed by atoms with Crippen molar-refractivity contribution in [2.24, 2.45) is 7.05 Å². The quantitative estimate of drug-likeness (QED) is 0.362. The summed E-state index contributed by atoms with van der Waals surface area (Å²) in [6, 6.07) is 8.87. The van der Waals surface area contributed by atoms with E-state index in [2.05, 4.69) is 15.4 Å². The number of benzene rings is 1. The summed E-state index contributed by atoms with van der Waals surface area (Å²) in [6.07, 6.45) is 6.79. The number of likely N-dealkylation sites (tertiary alicyclic amines) is 1. The molecule has 192 valence electrons. The van der Waals surface area contributed by atoms with Crippen LogP contribution in [-0.2, 0) is 11.8 Å². The maximum absolute atomic E-state index is 13.3. The third-order valence-corrected chi connectivity index (χ3v) is 6.45. The maximum Gasteiger partial charge on any atom is 0.419 e. The second-order valence-electron chi connectivity index (χ2n) is 10.2. The minimum absolute atomic E-state index is 0.0105. The molecule has 0 unspecified atom stereocenters. The first kappa shape index (κ1) is 24.8. The van der Waals surface area contributed by atoms with Crippen LogP contribution in [0.3, 0.4) is 0 Å². The first-order chi connectivity index (χ1) is 17.6. The van der Waals surface area contributed by atoms with Gasteiger partial charge in [0.15, 0.2) is 0 Å². The van der Waals surface area contributed by atoms with Crippen LogP contribution in [0.2, 0.25) is 5.02 Å². The molecule has 9 nitrogen and oxygen atoms in total. The number of hydrogen-bond donors (Lipinski definition) is 1. The lowest BCUT2D eigenvalue weighted by Crippen LogP contribution is -2.27. The number of anilines is 2. The third kappa shape index (κ3) is 5.17. The number of amides is 1. The van der Waals surface area contributed by atoms with Crippen LogP contribution >= 0.6 is 11.6 Å². The molecule has 0 spiro atoms. The van der Waals surface area contributed by atoms with E-state index in [4.69, 9.17) is 16.3 Å². The zero-order valence-electron chi connectivity index (χ0n) is 21.3. The van der Waals surface area contributed by atoms with Crippen LogP contribution in [0.4, 0.5) is 16.3 Å². The molecule has 0 atom stereocenters. The first-order valence-electron chi connectivity index (χ1n) is 12.2. The Hall–Kier alpha value is -3.85. The molecule has 0 aliphatic carbocycles. The fourth-order valence-electron chi connectivity index (χ4n) is 4.43. The molecule has 4 heterocycles. The SMILES string of the molecule is Cn1cc(-c2cc3cnc(Nc4ccc(C(=O)N5CCCC5)cc4Cl)cc3n2C(=O)OC(C)(C)C)cn1. The van der Waals surface area contributed by atoms with Crippen molar-refractivity contribution < 1.29 is 14.3 Å². The Morgan fingerprint density at radius 2 is 1.84 bits per heavy atom. The summed E-state index contributed by atoms with van der Waals surface area (Å²) in [7, 11) is 1.82. The normalized spacial score (nSPS) is 13.8.